The second-order valence-corrected chi connectivity index (χ2v) is 6.16. The monoisotopic (exact) mass is 350 g/mol. The van der Waals surface area contributed by atoms with Gasteiger partial charge in [0.1, 0.15) is 0 Å². The van der Waals surface area contributed by atoms with E-state index in [4.69, 9.17) is 0 Å². The summed E-state index contributed by atoms with van der Waals surface area (Å²) in [7, 11) is 0. The first kappa shape index (κ1) is 17.4. The Bertz CT molecular complexity index is 767. The fourth-order valence-corrected chi connectivity index (χ4v) is 3.13. The Morgan fingerprint density at radius 2 is 1.68 bits per heavy atom. The molecular weight excluding hydrogens is 333 g/mol. The molecule has 2 aromatic rings. The van der Waals surface area contributed by atoms with Crippen LogP contribution in [0.1, 0.15) is 24.0 Å². The molecule has 1 fully saturated rings. The molecule has 0 atom stereocenters. The maximum atomic E-state index is 12.7. The summed E-state index contributed by atoms with van der Waals surface area (Å²) in [5, 5.41) is 11.1. The lowest BCUT2D eigenvalue weighted by Gasteiger charge is -2.18. The Kier molecular flexibility index (Phi) is 4.76. The van der Waals surface area contributed by atoms with Crippen LogP contribution in [-0.4, -0.2) is 22.9 Å². The van der Waals surface area contributed by atoms with E-state index in [0.717, 1.165) is 49.2 Å². The van der Waals surface area contributed by atoms with E-state index in [0.29, 0.717) is 12.1 Å². The van der Waals surface area contributed by atoms with Crippen molar-refractivity contribution in [2.45, 2.75) is 25.6 Å². The van der Waals surface area contributed by atoms with E-state index >= 15 is 0 Å². The number of nitro groups is 1. The minimum absolute atomic E-state index is 0.00939. The number of nitro benzene ring substituents is 1. The molecule has 0 amide bonds. The molecule has 1 aliphatic rings. The first-order valence-corrected chi connectivity index (χ1v) is 8.02. The molecular formula is C18H17F3N2O2. The van der Waals surface area contributed by atoms with Gasteiger partial charge in [0, 0.05) is 18.7 Å². The van der Waals surface area contributed by atoms with Gasteiger partial charge in [-0.25, -0.2) is 0 Å². The Balaban J connectivity index is 1.97. The molecule has 0 spiro atoms. The van der Waals surface area contributed by atoms with Crippen LogP contribution in [0.5, 0.6) is 0 Å². The van der Waals surface area contributed by atoms with Gasteiger partial charge < -0.3 is 0 Å². The van der Waals surface area contributed by atoms with Crippen molar-refractivity contribution in [3.05, 3.63) is 63.7 Å². The van der Waals surface area contributed by atoms with Gasteiger partial charge in [-0.05, 0) is 60.8 Å². The number of non-ortho nitro benzene ring substituents is 1. The van der Waals surface area contributed by atoms with E-state index in [1.807, 2.05) is 0 Å². The largest absolute Gasteiger partial charge is 0.416 e. The predicted molar refractivity (Wildman–Crippen MR) is 88.0 cm³/mol. The third kappa shape index (κ3) is 3.99. The van der Waals surface area contributed by atoms with Crippen LogP contribution < -0.4 is 0 Å². The molecule has 2 aromatic carbocycles. The van der Waals surface area contributed by atoms with Gasteiger partial charge in [0.05, 0.1) is 10.5 Å². The summed E-state index contributed by atoms with van der Waals surface area (Å²) in [5.74, 6) is 0. The van der Waals surface area contributed by atoms with Gasteiger partial charge in [0.2, 0.25) is 0 Å². The minimum atomic E-state index is -4.38. The normalized spacial score (nSPS) is 15.5. The average molecular weight is 350 g/mol. The van der Waals surface area contributed by atoms with Crippen molar-refractivity contribution >= 4 is 5.69 Å². The molecule has 0 aromatic heterocycles. The maximum Gasteiger partial charge on any atom is 0.416 e. The first-order chi connectivity index (χ1) is 11.8. The third-order valence-corrected chi connectivity index (χ3v) is 4.42. The van der Waals surface area contributed by atoms with Crippen molar-refractivity contribution in [3.8, 4) is 11.1 Å². The zero-order chi connectivity index (χ0) is 18.0. The van der Waals surface area contributed by atoms with E-state index < -0.39 is 16.7 Å². The van der Waals surface area contributed by atoms with Crippen LogP contribution in [0, 0.1) is 10.1 Å². The summed E-state index contributed by atoms with van der Waals surface area (Å²) < 4.78 is 38.2. The maximum absolute atomic E-state index is 12.7. The summed E-state index contributed by atoms with van der Waals surface area (Å²) in [6.45, 7) is 2.41. The second-order valence-electron chi connectivity index (χ2n) is 6.16. The topological polar surface area (TPSA) is 46.4 Å². The van der Waals surface area contributed by atoms with E-state index in [1.165, 1.54) is 24.3 Å². The molecule has 1 heterocycles. The zero-order valence-corrected chi connectivity index (χ0v) is 13.4. The van der Waals surface area contributed by atoms with Gasteiger partial charge in [-0.1, -0.05) is 12.1 Å². The molecule has 0 unspecified atom stereocenters. The van der Waals surface area contributed by atoms with Gasteiger partial charge in [-0.3, -0.25) is 15.0 Å². The predicted octanol–water partition coefficient (Wildman–Crippen LogP) is 4.88. The van der Waals surface area contributed by atoms with Crippen LogP contribution >= 0.6 is 0 Å². The van der Waals surface area contributed by atoms with Gasteiger partial charge in [0.15, 0.2) is 0 Å². The molecule has 132 valence electrons. The minimum Gasteiger partial charge on any atom is -0.299 e. The number of alkyl halides is 3. The smallest absolute Gasteiger partial charge is 0.299 e. The van der Waals surface area contributed by atoms with Crippen molar-refractivity contribution in [2.24, 2.45) is 0 Å². The molecule has 4 nitrogen and oxygen atoms in total. The highest BCUT2D eigenvalue weighted by Crippen LogP contribution is 2.33. The standard InChI is InChI=1S/C18H17F3N2O2/c19-18(20,21)15-5-3-13(4-6-15)17-8-7-16(23(24)25)11-14(17)12-22-9-1-2-10-22/h3-8,11H,1-2,9-10,12H2. The van der Waals surface area contributed by atoms with Crippen molar-refractivity contribution in [2.75, 3.05) is 13.1 Å². The van der Waals surface area contributed by atoms with Crippen molar-refractivity contribution in [1.29, 1.82) is 0 Å². The molecule has 1 aliphatic heterocycles. The van der Waals surface area contributed by atoms with Crippen LogP contribution in [0.15, 0.2) is 42.5 Å². The van der Waals surface area contributed by atoms with Gasteiger partial charge >= 0.3 is 6.18 Å². The Morgan fingerprint density at radius 1 is 1.04 bits per heavy atom. The highest BCUT2D eigenvalue weighted by Gasteiger charge is 2.30. The summed E-state index contributed by atoms with van der Waals surface area (Å²) >= 11 is 0. The molecule has 3 rings (SSSR count). The lowest BCUT2D eigenvalue weighted by atomic mass is 9.97. The van der Waals surface area contributed by atoms with Gasteiger partial charge in [-0.2, -0.15) is 13.2 Å². The number of hydrogen-bond acceptors (Lipinski definition) is 3. The third-order valence-electron chi connectivity index (χ3n) is 4.42. The second kappa shape index (κ2) is 6.84. The molecule has 0 aliphatic carbocycles. The highest BCUT2D eigenvalue weighted by atomic mass is 19.4. The number of nitrogens with zero attached hydrogens (tertiary/aromatic N) is 2. The summed E-state index contributed by atoms with van der Waals surface area (Å²) in [6.07, 6.45) is -2.21. The highest BCUT2D eigenvalue weighted by molar-refractivity contribution is 5.69. The molecule has 0 bridgehead atoms. The summed E-state index contributed by atoms with van der Waals surface area (Å²) in [4.78, 5) is 12.8. The molecule has 0 radical (unpaired) electrons. The van der Waals surface area contributed by atoms with Crippen LogP contribution in [0.2, 0.25) is 0 Å². The number of benzene rings is 2. The Labute approximate surface area is 143 Å². The van der Waals surface area contributed by atoms with E-state index in [-0.39, 0.29) is 5.69 Å². The quantitative estimate of drug-likeness (QED) is 0.583. The van der Waals surface area contributed by atoms with Gasteiger partial charge in [-0.15, -0.1) is 0 Å². The Hall–Kier alpha value is -2.41. The van der Waals surface area contributed by atoms with E-state index in [9.17, 15) is 23.3 Å². The average Bonchev–Trinajstić information content (AvgIpc) is 3.07. The Morgan fingerprint density at radius 3 is 2.24 bits per heavy atom. The molecule has 0 saturated carbocycles. The van der Waals surface area contributed by atoms with Crippen LogP contribution in [0.3, 0.4) is 0 Å². The zero-order valence-electron chi connectivity index (χ0n) is 13.4. The molecule has 7 heteroatoms. The number of halogens is 3. The molecule has 1 saturated heterocycles. The fourth-order valence-electron chi connectivity index (χ4n) is 3.13. The van der Waals surface area contributed by atoms with Crippen LogP contribution in [0.4, 0.5) is 18.9 Å². The van der Waals surface area contributed by atoms with Crippen molar-refractivity contribution in [3.63, 3.8) is 0 Å². The number of likely N-dealkylation sites (tertiary alicyclic amines) is 1. The van der Waals surface area contributed by atoms with Crippen LogP contribution in [0.25, 0.3) is 11.1 Å². The lowest BCUT2D eigenvalue weighted by molar-refractivity contribution is -0.384. The molecule has 0 N–H and O–H groups in total. The fraction of sp³-hybridized carbons (Fsp3) is 0.333. The van der Waals surface area contributed by atoms with Crippen molar-refractivity contribution < 1.29 is 18.1 Å². The number of hydrogen-bond donors (Lipinski definition) is 0. The van der Waals surface area contributed by atoms with Crippen LogP contribution in [-0.2, 0) is 12.7 Å². The summed E-state index contributed by atoms with van der Waals surface area (Å²) in [6, 6.07) is 9.43. The molecule has 25 heavy (non-hydrogen) atoms. The number of rotatable bonds is 4. The van der Waals surface area contributed by atoms with E-state index in [2.05, 4.69) is 4.90 Å². The lowest BCUT2D eigenvalue weighted by Crippen LogP contribution is -2.19. The SMILES string of the molecule is O=[N+]([O-])c1ccc(-c2ccc(C(F)(F)F)cc2)c(CN2CCCC2)c1. The van der Waals surface area contributed by atoms with Crippen molar-refractivity contribution in [1.82, 2.24) is 4.90 Å². The van der Waals surface area contributed by atoms with Gasteiger partial charge in [0.25, 0.3) is 5.69 Å². The first-order valence-electron chi connectivity index (χ1n) is 8.02. The summed E-state index contributed by atoms with van der Waals surface area (Å²) in [5.41, 5.74) is 1.39. The van der Waals surface area contributed by atoms with E-state index in [1.54, 1.807) is 6.07 Å².